The molecule has 1 N–H and O–H groups in total. The van der Waals surface area contributed by atoms with Gasteiger partial charge < -0.3 is 10.2 Å². The number of aryl methyl sites for hydroxylation is 1. The topological polar surface area (TPSA) is 75.4 Å². The highest BCUT2D eigenvalue weighted by molar-refractivity contribution is 5.79. The molecule has 7 heteroatoms. The Morgan fingerprint density at radius 1 is 0.969 bits per heavy atom. The fourth-order valence-electron chi connectivity index (χ4n) is 4.24. The van der Waals surface area contributed by atoms with Crippen LogP contribution < -0.4 is 10.2 Å². The number of benzene rings is 2. The van der Waals surface area contributed by atoms with Gasteiger partial charge in [-0.25, -0.2) is 0 Å². The molecule has 0 radical (unpaired) electrons. The summed E-state index contributed by atoms with van der Waals surface area (Å²) in [5, 5.41) is 16.6. The maximum atomic E-state index is 12.6. The normalized spacial score (nSPS) is 14.6. The lowest BCUT2D eigenvalue weighted by Gasteiger charge is -2.32. The molecule has 2 aromatic carbocycles. The SMILES string of the molecule is Cc1ccccc1-c1nnc2ccc(N3CCC(C(=O)NCc4ccccc4)CC3)nn12. The number of aromatic nitrogens is 4. The lowest BCUT2D eigenvalue weighted by Crippen LogP contribution is -2.40. The van der Waals surface area contributed by atoms with Crippen molar-refractivity contribution in [3.63, 3.8) is 0 Å². The van der Waals surface area contributed by atoms with Gasteiger partial charge in [-0.1, -0.05) is 54.6 Å². The van der Waals surface area contributed by atoms with E-state index in [4.69, 9.17) is 5.10 Å². The van der Waals surface area contributed by atoms with E-state index >= 15 is 0 Å². The quantitative estimate of drug-likeness (QED) is 0.527. The zero-order chi connectivity index (χ0) is 21.9. The van der Waals surface area contributed by atoms with Gasteiger partial charge in [0, 0.05) is 31.1 Å². The molecule has 3 heterocycles. The summed E-state index contributed by atoms with van der Waals surface area (Å²) in [4.78, 5) is 14.9. The molecule has 5 rings (SSSR count). The van der Waals surface area contributed by atoms with Gasteiger partial charge in [-0.15, -0.1) is 15.3 Å². The lowest BCUT2D eigenvalue weighted by molar-refractivity contribution is -0.125. The molecule has 0 unspecified atom stereocenters. The summed E-state index contributed by atoms with van der Waals surface area (Å²) >= 11 is 0. The molecule has 0 saturated carbocycles. The molecule has 1 amide bonds. The van der Waals surface area contributed by atoms with Crippen LogP contribution in [-0.4, -0.2) is 38.8 Å². The van der Waals surface area contributed by atoms with Crippen molar-refractivity contribution in [1.82, 2.24) is 25.1 Å². The van der Waals surface area contributed by atoms with E-state index in [0.717, 1.165) is 59.9 Å². The smallest absolute Gasteiger partial charge is 0.223 e. The molecule has 2 aromatic heterocycles. The van der Waals surface area contributed by atoms with E-state index in [1.54, 1.807) is 0 Å². The van der Waals surface area contributed by atoms with Crippen LogP contribution in [0.4, 0.5) is 5.82 Å². The van der Waals surface area contributed by atoms with E-state index in [9.17, 15) is 4.79 Å². The minimum absolute atomic E-state index is 0.0381. The highest BCUT2D eigenvalue weighted by Gasteiger charge is 2.26. The Balaban J connectivity index is 1.26. The first kappa shape index (κ1) is 20.2. The molecule has 1 saturated heterocycles. The molecule has 32 heavy (non-hydrogen) atoms. The second-order valence-corrected chi connectivity index (χ2v) is 8.26. The maximum absolute atomic E-state index is 12.6. The van der Waals surface area contributed by atoms with Gasteiger partial charge in [0.15, 0.2) is 11.5 Å². The van der Waals surface area contributed by atoms with Crippen molar-refractivity contribution in [2.45, 2.75) is 26.3 Å². The minimum Gasteiger partial charge on any atom is -0.355 e. The van der Waals surface area contributed by atoms with Gasteiger partial charge in [-0.05, 0) is 43.0 Å². The number of carbonyl (C=O) groups excluding carboxylic acids is 1. The molecular formula is C25H26N6O. The molecule has 1 aliphatic heterocycles. The molecule has 4 aromatic rings. The third-order valence-electron chi connectivity index (χ3n) is 6.13. The van der Waals surface area contributed by atoms with E-state index < -0.39 is 0 Å². The Morgan fingerprint density at radius 3 is 2.50 bits per heavy atom. The van der Waals surface area contributed by atoms with Crippen molar-refractivity contribution in [3.8, 4) is 11.4 Å². The number of nitrogens with one attached hydrogen (secondary N) is 1. The maximum Gasteiger partial charge on any atom is 0.223 e. The van der Waals surface area contributed by atoms with Crippen LogP contribution >= 0.6 is 0 Å². The van der Waals surface area contributed by atoms with Crippen molar-refractivity contribution in [2.75, 3.05) is 18.0 Å². The van der Waals surface area contributed by atoms with Crippen LogP contribution in [-0.2, 0) is 11.3 Å². The Bertz CT molecular complexity index is 1230. The van der Waals surface area contributed by atoms with Crippen LogP contribution in [0.1, 0.15) is 24.0 Å². The first-order chi connectivity index (χ1) is 15.7. The van der Waals surface area contributed by atoms with Crippen molar-refractivity contribution < 1.29 is 4.79 Å². The summed E-state index contributed by atoms with van der Waals surface area (Å²) in [6.45, 7) is 4.23. The number of hydrogen-bond acceptors (Lipinski definition) is 5. The van der Waals surface area contributed by atoms with Gasteiger partial charge in [0.25, 0.3) is 0 Å². The number of fused-ring (bicyclic) bond motifs is 1. The van der Waals surface area contributed by atoms with Crippen LogP contribution in [0.25, 0.3) is 17.0 Å². The largest absolute Gasteiger partial charge is 0.355 e. The van der Waals surface area contributed by atoms with Crippen LogP contribution in [0.15, 0.2) is 66.7 Å². The number of hydrogen-bond donors (Lipinski definition) is 1. The monoisotopic (exact) mass is 426 g/mol. The van der Waals surface area contributed by atoms with E-state index in [0.29, 0.717) is 6.54 Å². The summed E-state index contributed by atoms with van der Waals surface area (Å²) in [5.41, 5.74) is 4.01. The summed E-state index contributed by atoms with van der Waals surface area (Å²) in [6.07, 6.45) is 1.63. The predicted octanol–water partition coefficient (Wildman–Crippen LogP) is 3.63. The second-order valence-electron chi connectivity index (χ2n) is 8.26. The molecule has 1 fully saturated rings. The fourth-order valence-corrected chi connectivity index (χ4v) is 4.24. The first-order valence-corrected chi connectivity index (χ1v) is 11.0. The van der Waals surface area contributed by atoms with Crippen molar-refractivity contribution >= 4 is 17.4 Å². The van der Waals surface area contributed by atoms with Crippen LogP contribution in [0.3, 0.4) is 0 Å². The van der Waals surface area contributed by atoms with Gasteiger partial charge >= 0.3 is 0 Å². The van der Waals surface area contributed by atoms with Gasteiger partial charge in [0.1, 0.15) is 5.82 Å². The first-order valence-electron chi connectivity index (χ1n) is 11.0. The van der Waals surface area contributed by atoms with Crippen molar-refractivity contribution in [3.05, 3.63) is 77.9 Å². The minimum atomic E-state index is 0.0381. The number of anilines is 1. The summed E-state index contributed by atoms with van der Waals surface area (Å²) < 4.78 is 1.82. The summed E-state index contributed by atoms with van der Waals surface area (Å²) in [6, 6.07) is 22.1. The van der Waals surface area contributed by atoms with Crippen molar-refractivity contribution in [2.24, 2.45) is 5.92 Å². The van der Waals surface area contributed by atoms with Crippen LogP contribution in [0, 0.1) is 12.8 Å². The molecule has 0 spiro atoms. The molecule has 0 bridgehead atoms. The average Bonchev–Trinajstić information content (AvgIpc) is 3.27. The highest BCUT2D eigenvalue weighted by atomic mass is 16.1. The van der Waals surface area contributed by atoms with Gasteiger partial charge in [0.2, 0.25) is 5.91 Å². The number of carbonyl (C=O) groups is 1. The lowest BCUT2D eigenvalue weighted by atomic mass is 9.96. The van der Waals surface area contributed by atoms with E-state index in [-0.39, 0.29) is 11.8 Å². The van der Waals surface area contributed by atoms with Gasteiger partial charge in [-0.3, -0.25) is 4.79 Å². The molecule has 0 atom stereocenters. The summed E-state index contributed by atoms with van der Waals surface area (Å²) in [7, 11) is 0. The number of piperidine rings is 1. The predicted molar refractivity (Wildman–Crippen MR) is 124 cm³/mol. The van der Waals surface area contributed by atoms with Crippen molar-refractivity contribution in [1.29, 1.82) is 0 Å². The Morgan fingerprint density at radius 2 is 1.72 bits per heavy atom. The van der Waals surface area contributed by atoms with Gasteiger partial charge in [-0.2, -0.15) is 4.52 Å². The van der Waals surface area contributed by atoms with E-state index in [1.807, 2.05) is 65.2 Å². The van der Waals surface area contributed by atoms with Gasteiger partial charge in [0.05, 0.1) is 0 Å². The van der Waals surface area contributed by atoms with E-state index in [1.165, 1.54) is 0 Å². The molecular weight excluding hydrogens is 400 g/mol. The third kappa shape index (κ3) is 4.06. The average molecular weight is 427 g/mol. The number of nitrogens with zero attached hydrogens (tertiary/aromatic N) is 5. The zero-order valence-electron chi connectivity index (χ0n) is 18.1. The van der Waals surface area contributed by atoms with Crippen LogP contribution in [0.2, 0.25) is 0 Å². The zero-order valence-corrected chi connectivity index (χ0v) is 18.1. The Kier molecular flexibility index (Phi) is 5.54. The summed E-state index contributed by atoms with van der Waals surface area (Å²) in [5.74, 6) is 1.80. The molecule has 7 nitrogen and oxygen atoms in total. The number of amides is 1. The number of rotatable bonds is 5. The molecule has 1 aliphatic rings. The Labute approximate surface area is 187 Å². The Hall–Kier alpha value is -3.74. The fraction of sp³-hybridized carbons (Fsp3) is 0.280. The van der Waals surface area contributed by atoms with Crippen LogP contribution in [0.5, 0.6) is 0 Å². The molecule has 0 aliphatic carbocycles. The molecule has 162 valence electrons. The highest BCUT2D eigenvalue weighted by Crippen LogP contribution is 2.25. The third-order valence-corrected chi connectivity index (χ3v) is 6.13. The standard InChI is InChI=1S/C25H26N6O/c1-18-7-5-6-10-21(18)24-28-27-22-11-12-23(29-31(22)24)30-15-13-20(14-16-30)25(32)26-17-19-8-3-2-4-9-19/h2-12,20H,13-17H2,1H3,(H,26,32). The second kappa shape index (κ2) is 8.78. The van der Waals surface area contributed by atoms with E-state index in [2.05, 4.69) is 33.4 Å².